The van der Waals surface area contributed by atoms with Gasteiger partial charge in [0.2, 0.25) is 0 Å². The Labute approximate surface area is 188 Å². The molecule has 0 bridgehead atoms. The number of thiophene rings is 1. The van der Waals surface area contributed by atoms with Gasteiger partial charge in [-0.15, -0.1) is 11.3 Å². The average Bonchev–Trinajstić information content (AvgIpc) is 3.07. The number of fused-ring (bicyclic) bond motifs is 1. The number of esters is 1. The lowest BCUT2D eigenvalue weighted by molar-refractivity contribution is 0.00696. The molecule has 2 N–H and O–H groups in total. The number of anilines is 1. The van der Waals surface area contributed by atoms with Gasteiger partial charge in [0.05, 0.1) is 5.56 Å². The number of hydrogen-bond acceptors (Lipinski definition) is 5. The summed E-state index contributed by atoms with van der Waals surface area (Å²) in [6, 6.07) is 19.3. The molecule has 0 fully saturated rings. The number of carbonyl (C=O) groups excluding carboxylic acids is 1. The minimum atomic E-state index is -0.519. The molecule has 0 aliphatic carbocycles. The van der Waals surface area contributed by atoms with Crippen LogP contribution in [0.3, 0.4) is 0 Å². The molecule has 0 unspecified atom stereocenters. The summed E-state index contributed by atoms with van der Waals surface area (Å²) >= 11 is 1.53. The van der Waals surface area contributed by atoms with E-state index in [0.29, 0.717) is 10.6 Å². The molecule has 0 saturated carbocycles. The van der Waals surface area contributed by atoms with Crippen LogP contribution in [0.15, 0.2) is 54.6 Å². The Morgan fingerprint density at radius 1 is 1.06 bits per heavy atom. The van der Waals surface area contributed by atoms with Gasteiger partial charge in [-0.1, -0.05) is 54.6 Å². The van der Waals surface area contributed by atoms with Gasteiger partial charge in [-0.3, -0.25) is 4.90 Å². The van der Waals surface area contributed by atoms with Gasteiger partial charge in [0.1, 0.15) is 10.6 Å². The Hall–Kier alpha value is -2.63. The minimum Gasteiger partial charge on any atom is -0.456 e. The highest BCUT2D eigenvalue weighted by atomic mass is 32.1. The van der Waals surface area contributed by atoms with Crippen LogP contribution in [-0.4, -0.2) is 29.6 Å². The molecule has 0 radical (unpaired) electrons. The van der Waals surface area contributed by atoms with Crippen LogP contribution in [-0.2, 0) is 24.1 Å². The van der Waals surface area contributed by atoms with Crippen LogP contribution in [0.5, 0.6) is 0 Å². The molecule has 5 heteroatoms. The molecule has 0 spiro atoms. The first-order valence-corrected chi connectivity index (χ1v) is 11.6. The summed E-state index contributed by atoms with van der Waals surface area (Å²) in [5, 5.41) is 0.581. The predicted molar refractivity (Wildman–Crippen MR) is 128 cm³/mol. The van der Waals surface area contributed by atoms with Crippen LogP contribution in [0.4, 0.5) is 5.00 Å². The maximum absolute atomic E-state index is 12.6. The SMILES string of the molecule is CC(C)(C)OC(=O)c1c(N)sc2c1CCN(CCc1ccc(-c3ccccc3)cc1)C2. The molecule has 1 aliphatic heterocycles. The van der Waals surface area contributed by atoms with E-state index in [4.69, 9.17) is 10.5 Å². The molecule has 0 saturated heterocycles. The topological polar surface area (TPSA) is 55.6 Å². The van der Waals surface area contributed by atoms with Crippen molar-refractivity contribution in [1.82, 2.24) is 4.90 Å². The fourth-order valence-electron chi connectivity index (χ4n) is 4.00. The zero-order valence-electron chi connectivity index (χ0n) is 18.5. The zero-order valence-corrected chi connectivity index (χ0v) is 19.3. The number of hydrogen-bond donors (Lipinski definition) is 1. The molecule has 4 nitrogen and oxygen atoms in total. The van der Waals surface area contributed by atoms with Crippen molar-refractivity contribution in [1.29, 1.82) is 0 Å². The van der Waals surface area contributed by atoms with Gasteiger partial charge in [-0.25, -0.2) is 4.79 Å². The van der Waals surface area contributed by atoms with Gasteiger partial charge in [0, 0.05) is 24.5 Å². The van der Waals surface area contributed by atoms with Gasteiger partial charge in [-0.05, 0) is 55.9 Å². The van der Waals surface area contributed by atoms with Crippen LogP contribution in [0.25, 0.3) is 11.1 Å². The van der Waals surface area contributed by atoms with E-state index >= 15 is 0 Å². The van der Waals surface area contributed by atoms with E-state index in [0.717, 1.165) is 38.0 Å². The minimum absolute atomic E-state index is 0.297. The number of benzene rings is 2. The highest BCUT2D eigenvalue weighted by Gasteiger charge is 2.29. The number of nitrogens with zero attached hydrogens (tertiary/aromatic N) is 1. The van der Waals surface area contributed by atoms with Crippen molar-refractivity contribution in [2.75, 3.05) is 18.8 Å². The van der Waals surface area contributed by atoms with Gasteiger partial charge < -0.3 is 10.5 Å². The maximum Gasteiger partial charge on any atom is 0.341 e. The summed E-state index contributed by atoms with van der Waals surface area (Å²) in [5.74, 6) is -0.297. The van der Waals surface area contributed by atoms with E-state index in [-0.39, 0.29) is 5.97 Å². The third-order valence-electron chi connectivity index (χ3n) is 5.54. The van der Waals surface area contributed by atoms with Crippen LogP contribution in [0.2, 0.25) is 0 Å². The van der Waals surface area contributed by atoms with Crippen molar-refractivity contribution in [2.24, 2.45) is 0 Å². The van der Waals surface area contributed by atoms with Gasteiger partial charge in [0.25, 0.3) is 0 Å². The van der Waals surface area contributed by atoms with E-state index in [1.807, 2.05) is 26.8 Å². The first-order valence-electron chi connectivity index (χ1n) is 10.8. The third kappa shape index (κ3) is 5.17. The standard InChI is InChI=1S/C26H30N2O2S/c1-26(2,3)30-25(29)23-21-14-16-28(17-22(21)31-24(23)27)15-13-18-9-11-20(12-10-18)19-7-5-4-6-8-19/h4-12H,13-17,27H2,1-3H3. The van der Waals surface area contributed by atoms with E-state index in [2.05, 4.69) is 53.4 Å². The summed E-state index contributed by atoms with van der Waals surface area (Å²) in [6.07, 6.45) is 1.84. The fourth-order valence-corrected chi connectivity index (χ4v) is 5.15. The Kier molecular flexibility index (Phi) is 6.17. The Bertz CT molecular complexity index is 1050. The summed E-state index contributed by atoms with van der Waals surface area (Å²) in [5.41, 5.74) is 11.2. The number of carbonyl (C=O) groups is 1. The second-order valence-electron chi connectivity index (χ2n) is 9.08. The van der Waals surface area contributed by atoms with E-state index < -0.39 is 5.60 Å². The van der Waals surface area contributed by atoms with Crippen molar-refractivity contribution in [3.8, 4) is 11.1 Å². The molecular formula is C26H30N2O2S. The maximum atomic E-state index is 12.6. The van der Waals surface area contributed by atoms with Crippen molar-refractivity contribution in [3.63, 3.8) is 0 Å². The Balaban J connectivity index is 1.38. The molecular weight excluding hydrogens is 404 g/mol. The summed E-state index contributed by atoms with van der Waals surface area (Å²) in [6.45, 7) is 8.41. The van der Waals surface area contributed by atoms with E-state index in [1.54, 1.807) is 0 Å². The summed E-state index contributed by atoms with van der Waals surface area (Å²) < 4.78 is 5.58. The molecule has 3 aromatic rings. The quantitative estimate of drug-likeness (QED) is 0.535. The fraction of sp³-hybridized carbons (Fsp3) is 0.346. The smallest absolute Gasteiger partial charge is 0.341 e. The van der Waals surface area contributed by atoms with E-state index in [1.165, 1.54) is 32.9 Å². The van der Waals surface area contributed by atoms with Crippen LogP contribution in [0, 0.1) is 0 Å². The second kappa shape index (κ2) is 8.85. The highest BCUT2D eigenvalue weighted by molar-refractivity contribution is 7.16. The Morgan fingerprint density at radius 2 is 1.74 bits per heavy atom. The second-order valence-corrected chi connectivity index (χ2v) is 10.2. The lowest BCUT2D eigenvalue weighted by atomic mass is 10.0. The van der Waals surface area contributed by atoms with Crippen molar-refractivity contribution in [3.05, 3.63) is 76.2 Å². The number of nitrogen functional groups attached to an aromatic ring is 1. The number of nitrogens with two attached hydrogens (primary N) is 1. The monoisotopic (exact) mass is 434 g/mol. The van der Waals surface area contributed by atoms with Crippen molar-refractivity contribution >= 4 is 22.3 Å². The van der Waals surface area contributed by atoms with Gasteiger partial charge in [-0.2, -0.15) is 0 Å². The molecule has 31 heavy (non-hydrogen) atoms. The molecule has 1 aromatic heterocycles. The predicted octanol–water partition coefficient (Wildman–Crippen LogP) is 5.55. The molecule has 0 atom stereocenters. The summed E-state index contributed by atoms with van der Waals surface area (Å²) in [4.78, 5) is 16.3. The van der Waals surface area contributed by atoms with Crippen molar-refractivity contribution < 1.29 is 9.53 Å². The average molecular weight is 435 g/mol. The van der Waals surface area contributed by atoms with Crippen LogP contribution in [0.1, 0.15) is 47.1 Å². The first kappa shape index (κ1) is 21.6. The molecule has 4 rings (SSSR count). The van der Waals surface area contributed by atoms with Crippen molar-refractivity contribution in [2.45, 2.75) is 45.8 Å². The van der Waals surface area contributed by atoms with Crippen LogP contribution >= 0.6 is 11.3 Å². The Morgan fingerprint density at radius 3 is 2.42 bits per heavy atom. The third-order valence-corrected chi connectivity index (χ3v) is 6.59. The molecule has 0 amide bonds. The summed E-state index contributed by atoms with van der Waals surface area (Å²) in [7, 11) is 0. The van der Waals surface area contributed by atoms with Gasteiger partial charge >= 0.3 is 5.97 Å². The molecule has 1 aliphatic rings. The number of rotatable bonds is 5. The van der Waals surface area contributed by atoms with Gasteiger partial charge in [0.15, 0.2) is 0 Å². The molecule has 2 aromatic carbocycles. The lowest BCUT2D eigenvalue weighted by Crippen LogP contribution is -2.32. The lowest BCUT2D eigenvalue weighted by Gasteiger charge is -2.27. The normalized spacial score (nSPS) is 14.3. The molecule has 162 valence electrons. The molecule has 2 heterocycles. The zero-order chi connectivity index (χ0) is 22.0. The largest absolute Gasteiger partial charge is 0.456 e. The van der Waals surface area contributed by atoms with Crippen LogP contribution < -0.4 is 5.73 Å². The number of ether oxygens (including phenoxy) is 1. The first-order chi connectivity index (χ1) is 14.8. The highest BCUT2D eigenvalue weighted by Crippen LogP contribution is 2.36. The van der Waals surface area contributed by atoms with E-state index in [9.17, 15) is 4.79 Å².